The summed E-state index contributed by atoms with van der Waals surface area (Å²) in [6.45, 7) is 6.72. The topological polar surface area (TPSA) is 89.9 Å². The van der Waals surface area contributed by atoms with E-state index in [0.717, 1.165) is 96.3 Å². The zero-order valence-corrected chi connectivity index (χ0v) is 31.2. The molecular formula is C38H75O6P. The van der Waals surface area contributed by atoms with Gasteiger partial charge >= 0.3 is 11.9 Å². The lowest BCUT2D eigenvalue weighted by atomic mass is 10.0. The molecule has 1 N–H and O–H groups in total. The molecule has 0 amide bonds. The van der Waals surface area contributed by atoms with Crippen LogP contribution in [0.25, 0.3) is 0 Å². The van der Waals surface area contributed by atoms with Gasteiger partial charge in [-0.1, -0.05) is 162 Å². The Morgan fingerprint density at radius 2 is 0.844 bits per heavy atom. The molecular weight excluding hydrogens is 583 g/mol. The molecule has 7 heteroatoms. The van der Waals surface area contributed by atoms with Gasteiger partial charge in [0.25, 0.3) is 0 Å². The Labute approximate surface area is 279 Å². The van der Waals surface area contributed by atoms with Crippen molar-refractivity contribution in [2.75, 3.05) is 13.7 Å². The number of hydrogen-bond donors (Lipinski definition) is 1. The van der Waals surface area contributed by atoms with Crippen LogP contribution in [0.3, 0.4) is 0 Å². The van der Waals surface area contributed by atoms with Gasteiger partial charge in [-0.25, -0.2) is 0 Å². The molecule has 3 unspecified atom stereocenters. The van der Waals surface area contributed by atoms with Crippen molar-refractivity contribution in [1.82, 2.24) is 0 Å². The van der Waals surface area contributed by atoms with E-state index in [1.807, 2.05) is 0 Å². The van der Waals surface area contributed by atoms with Gasteiger partial charge in [0.15, 0.2) is 0 Å². The molecule has 0 heterocycles. The molecule has 3 atom stereocenters. The number of ether oxygens (including phenoxy) is 2. The first-order chi connectivity index (χ1) is 21.8. The van der Waals surface area contributed by atoms with Crippen LogP contribution >= 0.6 is 7.37 Å². The zero-order valence-electron chi connectivity index (χ0n) is 30.3. The average molecular weight is 659 g/mol. The Morgan fingerprint density at radius 1 is 0.511 bits per heavy atom. The minimum absolute atomic E-state index is 0.0879. The van der Waals surface area contributed by atoms with E-state index >= 15 is 0 Å². The molecule has 0 rings (SSSR count). The maximum Gasteiger partial charge on any atom is 0.305 e. The van der Waals surface area contributed by atoms with Crippen molar-refractivity contribution in [3.05, 3.63) is 0 Å². The Kier molecular flexibility index (Phi) is 31.1. The highest BCUT2D eigenvalue weighted by Gasteiger charge is 2.38. The van der Waals surface area contributed by atoms with E-state index in [2.05, 4.69) is 20.8 Å². The summed E-state index contributed by atoms with van der Waals surface area (Å²) in [7, 11) is -2.11. The van der Waals surface area contributed by atoms with E-state index in [9.17, 15) is 19.0 Å². The smallest absolute Gasteiger partial charge is 0.305 e. The second kappa shape index (κ2) is 31.7. The van der Waals surface area contributed by atoms with E-state index in [0.29, 0.717) is 19.3 Å². The van der Waals surface area contributed by atoms with Crippen molar-refractivity contribution in [2.24, 2.45) is 0 Å². The molecule has 0 saturated heterocycles. The molecule has 0 aliphatic heterocycles. The molecule has 0 aromatic rings. The molecule has 0 aliphatic carbocycles. The number of carbonyl (C=O) groups excluding carboxylic acids is 2. The number of unbranched alkanes of at least 4 members (excludes halogenated alkanes) is 20. The standard InChI is InChI=1S/C38H75O6P/c1-5-8-11-14-16-22-26-31-36(34-44-38(40)33-28-19-13-10-7-3)45(41,42)35(29-24-20-15-12-9-6-2)30-25-21-17-18-23-27-32-37(39)43-4/h35-36H,5-34H2,1-4H3,(H,41,42). The fourth-order valence-electron chi connectivity index (χ4n) is 6.28. The van der Waals surface area contributed by atoms with Gasteiger partial charge in [-0.3, -0.25) is 14.2 Å². The first-order valence-electron chi connectivity index (χ1n) is 19.4. The third-order valence-corrected chi connectivity index (χ3v) is 12.4. The van der Waals surface area contributed by atoms with E-state index in [1.165, 1.54) is 77.7 Å². The molecule has 0 spiro atoms. The molecule has 45 heavy (non-hydrogen) atoms. The van der Waals surface area contributed by atoms with Crippen molar-refractivity contribution < 1.29 is 28.5 Å². The number of esters is 2. The van der Waals surface area contributed by atoms with Gasteiger partial charge in [0.1, 0.15) is 6.61 Å². The van der Waals surface area contributed by atoms with Gasteiger partial charge < -0.3 is 14.4 Å². The van der Waals surface area contributed by atoms with Crippen LogP contribution in [-0.2, 0) is 23.6 Å². The van der Waals surface area contributed by atoms with Gasteiger partial charge in [0.2, 0.25) is 7.37 Å². The molecule has 0 bridgehead atoms. The van der Waals surface area contributed by atoms with E-state index in [-0.39, 0.29) is 24.2 Å². The van der Waals surface area contributed by atoms with Gasteiger partial charge in [0.05, 0.1) is 12.8 Å². The summed E-state index contributed by atoms with van der Waals surface area (Å²) < 4.78 is 24.8. The fraction of sp³-hybridized carbons (Fsp3) is 0.947. The average Bonchev–Trinajstić information content (AvgIpc) is 3.03. The van der Waals surface area contributed by atoms with Gasteiger partial charge in [-0.2, -0.15) is 0 Å². The maximum absolute atomic E-state index is 14.3. The third-order valence-electron chi connectivity index (χ3n) is 9.40. The maximum atomic E-state index is 14.3. The summed E-state index contributed by atoms with van der Waals surface area (Å²) in [4.78, 5) is 35.7. The summed E-state index contributed by atoms with van der Waals surface area (Å²) in [6, 6.07) is 0. The van der Waals surface area contributed by atoms with Gasteiger partial charge in [-0.05, 0) is 32.1 Å². The quantitative estimate of drug-likeness (QED) is 0.0420. The first kappa shape index (κ1) is 44.1. The number of hydrogen-bond acceptors (Lipinski definition) is 5. The van der Waals surface area contributed by atoms with Crippen LogP contribution in [0.2, 0.25) is 0 Å². The highest BCUT2D eigenvalue weighted by molar-refractivity contribution is 7.59. The van der Waals surface area contributed by atoms with Crippen LogP contribution in [0.15, 0.2) is 0 Å². The minimum atomic E-state index is -3.55. The Bertz CT molecular complexity index is 727. The lowest BCUT2D eigenvalue weighted by Crippen LogP contribution is -2.25. The summed E-state index contributed by atoms with van der Waals surface area (Å²) in [5.74, 6) is -0.356. The Balaban J connectivity index is 5.21. The largest absolute Gasteiger partial charge is 0.469 e. The number of rotatable bonds is 34. The van der Waals surface area contributed by atoms with Crippen molar-refractivity contribution in [1.29, 1.82) is 0 Å². The highest BCUT2D eigenvalue weighted by atomic mass is 31.2. The lowest BCUT2D eigenvalue weighted by molar-refractivity contribution is -0.144. The lowest BCUT2D eigenvalue weighted by Gasteiger charge is -2.30. The van der Waals surface area contributed by atoms with Crippen LogP contribution in [0.4, 0.5) is 0 Å². The van der Waals surface area contributed by atoms with Crippen molar-refractivity contribution in [2.45, 2.75) is 218 Å². The minimum Gasteiger partial charge on any atom is -0.469 e. The van der Waals surface area contributed by atoms with E-state index in [4.69, 9.17) is 9.47 Å². The third kappa shape index (κ3) is 25.8. The van der Waals surface area contributed by atoms with Crippen LogP contribution < -0.4 is 0 Å². The molecule has 0 radical (unpaired) electrons. The van der Waals surface area contributed by atoms with Gasteiger partial charge in [0, 0.05) is 18.5 Å². The molecule has 0 aliphatic rings. The highest BCUT2D eigenvalue weighted by Crippen LogP contribution is 2.56. The predicted molar refractivity (Wildman–Crippen MR) is 191 cm³/mol. The van der Waals surface area contributed by atoms with Crippen LogP contribution in [-0.4, -0.2) is 41.9 Å². The summed E-state index contributed by atoms with van der Waals surface area (Å²) in [5.41, 5.74) is -0.675. The first-order valence-corrected chi connectivity index (χ1v) is 21.2. The van der Waals surface area contributed by atoms with Gasteiger partial charge in [-0.15, -0.1) is 0 Å². The predicted octanol–water partition coefficient (Wildman–Crippen LogP) is 12.1. The second-order valence-corrected chi connectivity index (χ2v) is 16.3. The fourth-order valence-corrected chi connectivity index (χ4v) is 8.82. The normalized spacial score (nSPS) is 14.2. The monoisotopic (exact) mass is 659 g/mol. The summed E-state index contributed by atoms with van der Waals surface area (Å²) in [6.07, 6.45) is 29.7. The molecule has 0 saturated carbocycles. The molecule has 268 valence electrons. The van der Waals surface area contributed by atoms with E-state index < -0.39 is 13.0 Å². The number of methoxy groups -OCH3 is 1. The van der Waals surface area contributed by atoms with Crippen molar-refractivity contribution >= 4 is 19.3 Å². The molecule has 6 nitrogen and oxygen atoms in total. The van der Waals surface area contributed by atoms with Crippen molar-refractivity contribution in [3.63, 3.8) is 0 Å². The second-order valence-electron chi connectivity index (χ2n) is 13.5. The SMILES string of the molecule is CCCCCCCCCC(COC(=O)CCCCCCC)P(=O)(O)C(CCCCCCCC)CCCCCCCCC(=O)OC. The zero-order chi connectivity index (χ0) is 33.4. The molecule has 0 fully saturated rings. The summed E-state index contributed by atoms with van der Waals surface area (Å²) in [5, 5.41) is 0. The number of carbonyl (C=O) groups is 2. The van der Waals surface area contributed by atoms with Crippen LogP contribution in [0.1, 0.15) is 207 Å². The van der Waals surface area contributed by atoms with Crippen molar-refractivity contribution in [3.8, 4) is 0 Å². The van der Waals surface area contributed by atoms with E-state index in [1.54, 1.807) is 0 Å². The summed E-state index contributed by atoms with van der Waals surface area (Å²) >= 11 is 0. The molecule has 0 aromatic carbocycles. The van der Waals surface area contributed by atoms with Crippen LogP contribution in [0.5, 0.6) is 0 Å². The van der Waals surface area contributed by atoms with Crippen LogP contribution in [0, 0.1) is 0 Å². The molecule has 0 aromatic heterocycles. The Morgan fingerprint density at radius 3 is 1.24 bits per heavy atom. The Hall–Kier alpha value is -0.870.